The Balaban J connectivity index is 2.10. The Kier molecular flexibility index (Phi) is 7.28. The van der Waals surface area contributed by atoms with Crippen LogP contribution in [-0.4, -0.2) is 43.0 Å². The zero-order chi connectivity index (χ0) is 13.4. The maximum Gasteiger partial charge on any atom is 0.236 e. The molecule has 1 rings (SSSR count). The predicted molar refractivity (Wildman–Crippen MR) is 75.4 cm³/mol. The van der Waals surface area contributed by atoms with Gasteiger partial charge in [0.1, 0.15) is 0 Å². The fraction of sp³-hybridized carbons (Fsp3) is 0.929. The molecule has 0 spiro atoms. The van der Waals surface area contributed by atoms with Crippen LogP contribution >= 0.6 is 0 Å². The fourth-order valence-electron chi connectivity index (χ4n) is 2.57. The zero-order valence-corrected chi connectivity index (χ0v) is 12.0. The molecule has 3 N–H and O–H groups in total. The molecule has 4 nitrogen and oxygen atoms in total. The summed E-state index contributed by atoms with van der Waals surface area (Å²) < 4.78 is 0. The molecule has 1 saturated carbocycles. The lowest BCUT2D eigenvalue weighted by Crippen LogP contribution is -2.44. The summed E-state index contributed by atoms with van der Waals surface area (Å²) in [6, 6.07) is 0.386. The van der Waals surface area contributed by atoms with E-state index >= 15 is 0 Å². The number of nitrogens with two attached hydrogens (primary N) is 1. The number of nitrogens with zero attached hydrogens (tertiary/aromatic N) is 1. The molecule has 106 valence electrons. The molecule has 1 fully saturated rings. The maximum absolute atomic E-state index is 11.7. The van der Waals surface area contributed by atoms with Gasteiger partial charge in [0.25, 0.3) is 0 Å². The summed E-state index contributed by atoms with van der Waals surface area (Å²) in [6.45, 7) is 3.75. The van der Waals surface area contributed by atoms with Gasteiger partial charge in [-0.1, -0.05) is 32.6 Å². The topological polar surface area (TPSA) is 58.4 Å². The van der Waals surface area contributed by atoms with Crippen LogP contribution in [0.15, 0.2) is 0 Å². The van der Waals surface area contributed by atoms with Gasteiger partial charge in [-0.3, -0.25) is 4.79 Å². The maximum atomic E-state index is 11.7. The third-order valence-electron chi connectivity index (χ3n) is 3.92. The molecule has 0 saturated heterocycles. The molecule has 1 unspecified atom stereocenters. The first-order chi connectivity index (χ1) is 8.65. The highest BCUT2D eigenvalue weighted by atomic mass is 16.2. The van der Waals surface area contributed by atoms with Crippen LogP contribution in [0.5, 0.6) is 0 Å². The van der Waals surface area contributed by atoms with E-state index < -0.39 is 0 Å². The van der Waals surface area contributed by atoms with Gasteiger partial charge in [0.2, 0.25) is 5.91 Å². The van der Waals surface area contributed by atoms with E-state index in [4.69, 9.17) is 5.73 Å². The summed E-state index contributed by atoms with van der Waals surface area (Å²) in [5.41, 5.74) is 5.82. The molecule has 0 heterocycles. The summed E-state index contributed by atoms with van der Waals surface area (Å²) >= 11 is 0. The minimum atomic E-state index is -0.332. The molecule has 1 aliphatic carbocycles. The van der Waals surface area contributed by atoms with Crippen LogP contribution < -0.4 is 11.1 Å². The van der Waals surface area contributed by atoms with Gasteiger partial charge in [-0.15, -0.1) is 0 Å². The molecule has 0 aromatic carbocycles. The van der Waals surface area contributed by atoms with E-state index in [0.717, 1.165) is 31.8 Å². The number of nitrogens with one attached hydrogen (secondary N) is 1. The second-order valence-corrected chi connectivity index (χ2v) is 5.46. The van der Waals surface area contributed by atoms with Crippen LogP contribution in [0.2, 0.25) is 0 Å². The van der Waals surface area contributed by atoms with Crippen LogP contribution in [0.3, 0.4) is 0 Å². The average molecular weight is 255 g/mol. The van der Waals surface area contributed by atoms with Crippen LogP contribution in [0.1, 0.15) is 51.9 Å². The Bertz CT molecular complexity index is 239. The zero-order valence-electron chi connectivity index (χ0n) is 12.0. The van der Waals surface area contributed by atoms with E-state index in [9.17, 15) is 4.79 Å². The first-order valence-corrected chi connectivity index (χ1v) is 7.38. The number of hydrogen-bond donors (Lipinski definition) is 2. The van der Waals surface area contributed by atoms with Gasteiger partial charge in [0.05, 0.1) is 6.04 Å². The molecule has 0 aromatic heterocycles. The standard InChI is InChI=1S/C14H29N3O/c1-3-4-9-13(15)14(18)16-10-11-17(2)12-7-5-6-8-12/h12-13H,3-11,15H2,1-2H3,(H,16,18). The van der Waals surface area contributed by atoms with Gasteiger partial charge < -0.3 is 16.0 Å². The van der Waals surface area contributed by atoms with Gasteiger partial charge in [-0.05, 0) is 26.3 Å². The molecule has 0 radical (unpaired) electrons. The van der Waals surface area contributed by atoms with Crippen molar-refractivity contribution in [3.05, 3.63) is 0 Å². The Labute approximate surface area is 111 Å². The number of rotatable bonds is 8. The van der Waals surface area contributed by atoms with Crippen molar-refractivity contribution < 1.29 is 4.79 Å². The number of amides is 1. The number of carbonyl (C=O) groups excluding carboxylic acids is 1. The Hall–Kier alpha value is -0.610. The van der Waals surface area contributed by atoms with Crippen LogP contribution in [-0.2, 0) is 4.79 Å². The van der Waals surface area contributed by atoms with E-state index in [1.54, 1.807) is 0 Å². The SMILES string of the molecule is CCCCC(N)C(=O)NCCN(C)C1CCCC1. The minimum absolute atomic E-state index is 0.00303. The molecule has 4 heteroatoms. The summed E-state index contributed by atoms with van der Waals surface area (Å²) in [4.78, 5) is 14.1. The second kappa shape index (κ2) is 8.48. The molecular weight excluding hydrogens is 226 g/mol. The Morgan fingerprint density at radius 1 is 1.44 bits per heavy atom. The molecule has 0 aromatic rings. The normalized spacial score (nSPS) is 18.2. The van der Waals surface area contributed by atoms with Crippen molar-refractivity contribution in [3.8, 4) is 0 Å². The number of hydrogen-bond acceptors (Lipinski definition) is 3. The third-order valence-corrected chi connectivity index (χ3v) is 3.92. The lowest BCUT2D eigenvalue weighted by atomic mass is 10.1. The number of likely N-dealkylation sites (N-methyl/N-ethyl adjacent to an activating group) is 1. The van der Waals surface area contributed by atoms with Gasteiger partial charge >= 0.3 is 0 Å². The highest BCUT2D eigenvalue weighted by Gasteiger charge is 2.19. The quantitative estimate of drug-likeness (QED) is 0.691. The van der Waals surface area contributed by atoms with Crippen molar-refractivity contribution in [2.24, 2.45) is 5.73 Å². The van der Waals surface area contributed by atoms with Crippen molar-refractivity contribution in [2.45, 2.75) is 64.0 Å². The van der Waals surface area contributed by atoms with Crippen LogP contribution in [0, 0.1) is 0 Å². The van der Waals surface area contributed by atoms with E-state index in [1.807, 2.05) is 0 Å². The molecule has 18 heavy (non-hydrogen) atoms. The molecule has 1 amide bonds. The van der Waals surface area contributed by atoms with Gasteiger partial charge in [0.15, 0.2) is 0 Å². The molecule has 1 aliphatic rings. The first kappa shape index (κ1) is 15.4. The Morgan fingerprint density at radius 3 is 2.72 bits per heavy atom. The fourth-order valence-corrected chi connectivity index (χ4v) is 2.57. The van der Waals surface area contributed by atoms with Gasteiger partial charge in [-0.2, -0.15) is 0 Å². The summed E-state index contributed by atoms with van der Waals surface area (Å²) in [6.07, 6.45) is 8.22. The van der Waals surface area contributed by atoms with E-state index in [2.05, 4.69) is 24.2 Å². The van der Waals surface area contributed by atoms with Crippen LogP contribution in [0.25, 0.3) is 0 Å². The smallest absolute Gasteiger partial charge is 0.236 e. The average Bonchev–Trinajstić information content (AvgIpc) is 2.89. The van der Waals surface area contributed by atoms with Gasteiger partial charge in [0, 0.05) is 19.1 Å². The van der Waals surface area contributed by atoms with Crippen molar-refractivity contribution in [1.29, 1.82) is 0 Å². The second-order valence-electron chi connectivity index (χ2n) is 5.46. The number of carbonyl (C=O) groups is 1. The summed E-state index contributed by atoms with van der Waals surface area (Å²) in [7, 11) is 2.15. The van der Waals surface area contributed by atoms with Crippen molar-refractivity contribution in [1.82, 2.24) is 10.2 Å². The van der Waals surface area contributed by atoms with Crippen molar-refractivity contribution >= 4 is 5.91 Å². The predicted octanol–water partition coefficient (Wildman–Crippen LogP) is 1.49. The lowest BCUT2D eigenvalue weighted by molar-refractivity contribution is -0.122. The van der Waals surface area contributed by atoms with E-state index in [-0.39, 0.29) is 11.9 Å². The largest absolute Gasteiger partial charge is 0.353 e. The molecular formula is C14H29N3O. The van der Waals surface area contributed by atoms with Crippen molar-refractivity contribution in [2.75, 3.05) is 20.1 Å². The Morgan fingerprint density at radius 2 is 2.11 bits per heavy atom. The van der Waals surface area contributed by atoms with Crippen molar-refractivity contribution in [3.63, 3.8) is 0 Å². The molecule has 0 aliphatic heterocycles. The third kappa shape index (κ3) is 5.36. The monoisotopic (exact) mass is 255 g/mol. The first-order valence-electron chi connectivity index (χ1n) is 7.38. The van der Waals surface area contributed by atoms with E-state index in [1.165, 1.54) is 25.7 Å². The molecule has 1 atom stereocenters. The summed E-state index contributed by atoms with van der Waals surface area (Å²) in [5, 5.41) is 2.94. The van der Waals surface area contributed by atoms with E-state index in [0.29, 0.717) is 6.54 Å². The lowest BCUT2D eigenvalue weighted by Gasteiger charge is -2.24. The number of unbranched alkanes of at least 4 members (excludes halogenated alkanes) is 1. The minimum Gasteiger partial charge on any atom is -0.353 e. The van der Waals surface area contributed by atoms with Crippen LogP contribution in [0.4, 0.5) is 0 Å². The highest BCUT2D eigenvalue weighted by Crippen LogP contribution is 2.21. The molecule has 0 bridgehead atoms. The van der Waals surface area contributed by atoms with Gasteiger partial charge in [-0.25, -0.2) is 0 Å². The highest BCUT2D eigenvalue weighted by molar-refractivity contribution is 5.81. The summed E-state index contributed by atoms with van der Waals surface area (Å²) in [5.74, 6) is 0.00303.